The molecule has 0 spiro atoms. The number of nitrogens with one attached hydrogen (secondary N) is 1. The quantitative estimate of drug-likeness (QED) is 0.694. The number of para-hydroxylation sites is 1. The molecule has 2 aromatic carbocycles. The molecule has 1 saturated heterocycles. The van der Waals surface area contributed by atoms with Crippen LogP contribution in [0.1, 0.15) is 19.3 Å². The summed E-state index contributed by atoms with van der Waals surface area (Å²) in [5.41, 5.74) is 0.138. The van der Waals surface area contributed by atoms with Crippen LogP contribution in [0.5, 0.6) is 0 Å². The van der Waals surface area contributed by atoms with Gasteiger partial charge in [-0.15, -0.1) is 0 Å². The second-order valence-corrected chi connectivity index (χ2v) is 11.0. The summed E-state index contributed by atoms with van der Waals surface area (Å²) in [6.45, 7) is 0.445. The molecule has 0 saturated carbocycles. The molecule has 8 nitrogen and oxygen atoms in total. The van der Waals surface area contributed by atoms with Crippen molar-refractivity contribution in [3.05, 3.63) is 54.6 Å². The average Bonchev–Trinajstić information content (AvgIpc) is 2.75. The summed E-state index contributed by atoms with van der Waals surface area (Å²) in [7, 11) is -6.28. The monoisotopic (exact) mass is 451 g/mol. The molecule has 0 aromatic heterocycles. The number of nitrogens with zero attached hydrogens (tertiary/aromatic N) is 2. The van der Waals surface area contributed by atoms with E-state index in [1.165, 1.54) is 35.6 Å². The fraction of sp³-hybridized carbons (Fsp3) is 0.350. The van der Waals surface area contributed by atoms with Crippen LogP contribution in [0, 0.1) is 0 Å². The Morgan fingerprint density at radius 3 is 2.20 bits per heavy atom. The Hall–Kier alpha value is -2.27. The first-order chi connectivity index (χ1) is 14.2. The Labute approximate surface area is 177 Å². The average molecular weight is 452 g/mol. The van der Waals surface area contributed by atoms with Crippen molar-refractivity contribution in [2.75, 3.05) is 32.0 Å². The van der Waals surface area contributed by atoms with Crippen molar-refractivity contribution >= 4 is 31.6 Å². The minimum Gasteiger partial charge on any atom is -0.324 e. The van der Waals surface area contributed by atoms with Gasteiger partial charge in [-0.3, -0.25) is 4.79 Å². The van der Waals surface area contributed by atoms with E-state index in [4.69, 9.17) is 0 Å². The van der Waals surface area contributed by atoms with Gasteiger partial charge in [-0.05, 0) is 37.1 Å². The van der Waals surface area contributed by atoms with Gasteiger partial charge in [0.25, 0.3) is 0 Å². The first-order valence-corrected chi connectivity index (χ1v) is 12.5. The van der Waals surface area contributed by atoms with E-state index in [0.29, 0.717) is 13.1 Å². The molecule has 30 heavy (non-hydrogen) atoms. The minimum atomic E-state index is -3.84. The van der Waals surface area contributed by atoms with Crippen LogP contribution in [0.2, 0.25) is 0 Å². The van der Waals surface area contributed by atoms with Crippen LogP contribution >= 0.6 is 0 Å². The Balaban J connectivity index is 1.76. The topological polar surface area (TPSA) is 104 Å². The van der Waals surface area contributed by atoms with Crippen molar-refractivity contribution in [1.82, 2.24) is 8.61 Å². The highest BCUT2D eigenvalue weighted by molar-refractivity contribution is 7.89. The summed E-state index contributed by atoms with van der Waals surface area (Å²) in [5, 5.41) is 2.56. The van der Waals surface area contributed by atoms with Gasteiger partial charge in [0, 0.05) is 20.1 Å². The molecule has 0 unspecified atom stereocenters. The second-order valence-electron chi connectivity index (χ2n) is 7.08. The number of carbonyl (C=O) groups is 1. The number of sulfonamides is 2. The summed E-state index contributed by atoms with van der Waals surface area (Å²) in [5.74, 6) is -0.627. The van der Waals surface area contributed by atoms with Crippen LogP contribution < -0.4 is 5.32 Å². The van der Waals surface area contributed by atoms with Crippen LogP contribution in [-0.2, 0) is 24.8 Å². The lowest BCUT2D eigenvalue weighted by Gasteiger charge is -2.27. The largest absolute Gasteiger partial charge is 0.324 e. The van der Waals surface area contributed by atoms with Gasteiger partial charge in [-0.2, -0.15) is 8.61 Å². The molecule has 0 radical (unpaired) electrons. The molecule has 1 aliphatic heterocycles. The highest BCUT2D eigenvalue weighted by Crippen LogP contribution is 2.27. The van der Waals surface area contributed by atoms with Crippen LogP contribution in [0.4, 0.5) is 5.69 Å². The Kier molecular flexibility index (Phi) is 6.91. The van der Waals surface area contributed by atoms with Gasteiger partial charge in [-0.1, -0.05) is 36.8 Å². The van der Waals surface area contributed by atoms with E-state index in [-0.39, 0.29) is 15.5 Å². The maximum Gasteiger partial charge on any atom is 0.245 e. The fourth-order valence-corrected chi connectivity index (χ4v) is 6.10. The molecule has 1 fully saturated rings. The molecule has 1 N–H and O–H groups in total. The number of piperidine rings is 1. The van der Waals surface area contributed by atoms with E-state index in [2.05, 4.69) is 5.32 Å². The van der Waals surface area contributed by atoms with Crippen molar-refractivity contribution in [2.45, 2.75) is 29.1 Å². The normalized spacial score (nSPS) is 15.8. The first-order valence-electron chi connectivity index (χ1n) is 9.63. The minimum absolute atomic E-state index is 0.00817. The Morgan fingerprint density at radius 1 is 0.933 bits per heavy atom. The lowest BCUT2D eigenvalue weighted by atomic mass is 10.2. The van der Waals surface area contributed by atoms with Crippen LogP contribution in [0.3, 0.4) is 0 Å². The predicted octanol–water partition coefficient (Wildman–Crippen LogP) is 2.12. The van der Waals surface area contributed by atoms with Crippen LogP contribution in [0.25, 0.3) is 0 Å². The Bertz CT molecular complexity index is 1100. The van der Waals surface area contributed by atoms with Gasteiger partial charge in [0.2, 0.25) is 26.0 Å². The standard InChI is InChI=1S/C20H25N3O5S2/c1-22(29(25,26)17-10-4-2-5-11-17)16-20(24)21-18-12-6-7-13-19(18)30(27,28)23-14-8-3-9-15-23/h2,4-7,10-13H,3,8-9,14-16H2,1H3,(H,21,24). The smallest absolute Gasteiger partial charge is 0.245 e. The number of rotatable bonds is 7. The van der Waals surface area contributed by atoms with E-state index in [9.17, 15) is 21.6 Å². The van der Waals surface area contributed by atoms with Gasteiger partial charge in [-0.25, -0.2) is 16.8 Å². The molecule has 1 aliphatic rings. The molecule has 0 aliphatic carbocycles. The second kappa shape index (κ2) is 9.25. The molecule has 3 rings (SSSR count). The molecular formula is C20H25N3O5S2. The number of likely N-dealkylation sites (N-methyl/N-ethyl adjacent to an activating group) is 1. The highest BCUT2D eigenvalue weighted by atomic mass is 32.2. The zero-order valence-corrected chi connectivity index (χ0v) is 18.3. The molecule has 10 heteroatoms. The fourth-order valence-electron chi connectivity index (χ4n) is 3.29. The van der Waals surface area contributed by atoms with Crippen molar-refractivity contribution < 1.29 is 21.6 Å². The van der Waals surface area contributed by atoms with Gasteiger partial charge in [0.15, 0.2) is 0 Å². The number of hydrogen-bond donors (Lipinski definition) is 1. The molecular weight excluding hydrogens is 426 g/mol. The van der Waals surface area contributed by atoms with Gasteiger partial charge in [0.1, 0.15) is 4.90 Å². The van der Waals surface area contributed by atoms with Crippen molar-refractivity contribution in [2.24, 2.45) is 0 Å². The summed E-state index contributed by atoms with van der Waals surface area (Å²) < 4.78 is 53.6. The number of hydrogen-bond acceptors (Lipinski definition) is 5. The predicted molar refractivity (Wildman–Crippen MR) is 114 cm³/mol. The summed E-state index contributed by atoms with van der Waals surface area (Å²) in [4.78, 5) is 12.6. The van der Waals surface area contributed by atoms with Crippen molar-refractivity contribution in [3.63, 3.8) is 0 Å². The summed E-state index contributed by atoms with van der Waals surface area (Å²) >= 11 is 0. The molecule has 1 heterocycles. The number of anilines is 1. The lowest BCUT2D eigenvalue weighted by Crippen LogP contribution is -2.37. The van der Waals surface area contributed by atoms with E-state index in [1.807, 2.05) is 0 Å². The molecule has 0 bridgehead atoms. The summed E-state index contributed by atoms with van der Waals surface area (Å²) in [6, 6.07) is 14.0. The highest BCUT2D eigenvalue weighted by Gasteiger charge is 2.29. The third-order valence-corrected chi connectivity index (χ3v) is 8.69. The zero-order chi connectivity index (χ0) is 21.8. The van der Waals surface area contributed by atoms with E-state index >= 15 is 0 Å². The van der Waals surface area contributed by atoms with E-state index in [1.54, 1.807) is 30.3 Å². The maximum atomic E-state index is 13.0. The number of carbonyl (C=O) groups excluding carboxylic acids is 1. The third-order valence-electron chi connectivity index (χ3n) is 4.91. The lowest BCUT2D eigenvalue weighted by molar-refractivity contribution is -0.116. The number of benzene rings is 2. The third kappa shape index (κ3) is 4.89. The van der Waals surface area contributed by atoms with E-state index in [0.717, 1.165) is 23.6 Å². The van der Waals surface area contributed by atoms with Gasteiger partial charge in [0.05, 0.1) is 17.1 Å². The number of amides is 1. The molecule has 1 amide bonds. The van der Waals surface area contributed by atoms with Crippen molar-refractivity contribution in [3.8, 4) is 0 Å². The van der Waals surface area contributed by atoms with Crippen LogP contribution in [0.15, 0.2) is 64.4 Å². The zero-order valence-electron chi connectivity index (χ0n) is 16.7. The van der Waals surface area contributed by atoms with Crippen molar-refractivity contribution in [1.29, 1.82) is 0 Å². The molecule has 2 aromatic rings. The SMILES string of the molecule is CN(CC(=O)Nc1ccccc1S(=O)(=O)N1CCCCC1)S(=O)(=O)c1ccccc1. The first kappa shape index (κ1) is 22.4. The molecule has 0 atom stereocenters. The van der Waals surface area contributed by atoms with Gasteiger partial charge >= 0.3 is 0 Å². The van der Waals surface area contributed by atoms with Gasteiger partial charge < -0.3 is 5.32 Å². The summed E-state index contributed by atoms with van der Waals surface area (Å²) in [6.07, 6.45) is 2.60. The Morgan fingerprint density at radius 2 is 1.53 bits per heavy atom. The van der Waals surface area contributed by atoms with E-state index < -0.39 is 32.5 Å². The maximum absolute atomic E-state index is 13.0. The molecule has 162 valence electrons. The van der Waals surface area contributed by atoms with Crippen LogP contribution in [-0.4, -0.2) is 58.0 Å².